The maximum absolute atomic E-state index is 11.9. The van der Waals surface area contributed by atoms with Crippen molar-refractivity contribution in [3.05, 3.63) is 0 Å². The molecule has 2 atom stereocenters. The van der Waals surface area contributed by atoms with E-state index in [0.29, 0.717) is 17.8 Å². The Morgan fingerprint density at radius 1 is 1.42 bits per heavy atom. The summed E-state index contributed by atoms with van der Waals surface area (Å²) >= 11 is 0. The molecule has 1 fully saturated rings. The van der Waals surface area contributed by atoms with E-state index in [1.165, 1.54) is 12.8 Å². The second-order valence-corrected chi connectivity index (χ2v) is 7.43. The second kappa shape index (κ2) is 7.88. The quantitative estimate of drug-likeness (QED) is 0.777. The molecule has 1 aliphatic heterocycles. The normalized spacial score (nSPS) is 22.0. The van der Waals surface area contributed by atoms with Crippen LogP contribution in [0.15, 0.2) is 0 Å². The molecule has 1 rings (SSSR count). The molecule has 0 saturated carbocycles. The molecule has 0 spiro atoms. The first-order chi connectivity index (χ1) is 8.87. The van der Waals surface area contributed by atoms with Gasteiger partial charge in [-0.1, -0.05) is 27.7 Å². The van der Waals surface area contributed by atoms with Crippen LogP contribution in [-0.2, 0) is 4.79 Å². The predicted molar refractivity (Wildman–Crippen MR) is 81.1 cm³/mol. The van der Waals surface area contributed by atoms with Crippen LogP contribution in [0.25, 0.3) is 0 Å². The number of piperidine rings is 1. The van der Waals surface area contributed by atoms with Crippen molar-refractivity contribution in [3.63, 3.8) is 0 Å². The van der Waals surface area contributed by atoms with Gasteiger partial charge in [-0.15, -0.1) is 0 Å². The summed E-state index contributed by atoms with van der Waals surface area (Å²) in [4.78, 5) is 11.9. The van der Waals surface area contributed by atoms with Crippen LogP contribution >= 0.6 is 0 Å². The molecule has 0 radical (unpaired) electrons. The zero-order chi connectivity index (χ0) is 14.3. The molecule has 1 saturated heterocycles. The first-order valence-electron chi connectivity index (χ1n) is 7.84. The molecule has 112 valence electrons. The molecule has 0 bridgehead atoms. The van der Waals surface area contributed by atoms with Crippen molar-refractivity contribution in [3.8, 4) is 0 Å². The number of nitrogens with one attached hydrogen (secondary N) is 2. The number of amides is 1. The van der Waals surface area contributed by atoms with Crippen LogP contribution in [0.1, 0.15) is 59.8 Å². The summed E-state index contributed by atoms with van der Waals surface area (Å²) in [6.07, 6.45) is 5.48. The Morgan fingerprint density at radius 3 is 2.74 bits per heavy atom. The van der Waals surface area contributed by atoms with E-state index in [9.17, 15) is 4.79 Å². The Labute approximate surface area is 118 Å². The molecular formula is C16H32N2O. The van der Waals surface area contributed by atoms with Gasteiger partial charge in [-0.25, -0.2) is 0 Å². The van der Waals surface area contributed by atoms with Crippen LogP contribution < -0.4 is 10.6 Å². The fourth-order valence-corrected chi connectivity index (χ4v) is 3.09. The van der Waals surface area contributed by atoms with Gasteiger partial charge in [0.15, 0.2) is 0 Å². The topological polar surface area (TPSA) is 41.1 Å². The number of carbonyl (C=O) groups is 1. The van der Waals surface area contributed by atoms with Crippen molar-refractivity contribution in [1.29, 1.82) is 0 Å². The third-order valence-corrected chi connectivity index (χ3v) is 3.77. The van der Waals surface area contributed by atoms with Gasteiger partial charge in [0.25, 0.3) is 0 Å². The Bertz CT molecular complexity index is 264. The zero-order valence-corrected chi connectivity index (χ0v) is 13.2. The minimum absolute atomic E-state index is 0.223. The average molecular weight is 268 g/mol. The smallest absolute Gasteiger partial charge is 0.220 e. The Balaban J connectivity index is 2.10. The van der Waals surface area contributed by atoms with E-state index in [0.717, 1.165) is 38.4 Å². The highest BCUT2D eigenvalue weighted by molar-refractivity contribution is 5.76. The Kier molecular flexibility index (Phi) is 6.84. The van der Waals surface area contributed by atoms with Crippen LogP contribution in [0, 0.1) is 17.3 Å². The molecule has 1 heterocycles. The third-order valence-electron chi connectivity index (χ3n) is 3.77. The third kappa shape index (κ3) is 8.25. The highest BCUT2D eigenvalue weighted by atomic mass is 16.1. The first kappa shape index (κ1) is 16.5. The fraction of sp³-hybridized carbons (Fsp3) is 0.938. The number of rotatable bonds is 6. The van der Waals surface area contributed by atoms with Gasteiger partial charge in [0.2, 0.25) is 5.91 Å². The van der Waals surface area contributed by atoms with Gasteiger partial charge in [0.05, 0.1) is 0 Å². The van der Waals surface area contributed by atoms with Crippen molar-refractivity contribution in [1.82, 2.24) is 10.6 Å². The van der Waals surface area contributed by atoms with E-state index in [-0.39, 0.29) is 5.91 Å². The summed E-state index contributed by atoms with van der Waals surface area (Å²) in [6, 6.07) is 0. The van der Waals surface area contributed by atoms with Gasteiger partial charge >= 0.3 is 0 Å². The maximum Gasteiger partial charge on any atom is 0.220 e. The lowest BCUT2D eigenvalue weighted by atomic mass is 9.84. The lowest BCUT2D eigenvalue weighted by molar-refractivity contribution is -0.122. The van der Waals surface area contributed by atoms with Crippen LogP contribution in [0.3, 0.4) is 0 Å². The van der Waals surface area contributed by atoms with Gasteiger partial charge in [0.1, 0.15) is 0 Å². The minimum atomic E-state index is 0.223. The molecule has 0 aromatic heterocycles. The highest BCUT2D eigenvalue weighted by Gasteiger charge is 2.18. The Morgan fingerprint density at radius 2 is 2.16 bits per heavy atom. The summed E-state index contributed by atoms with van der Waals surface area (Å²) in [5.41, 5.74) is 0.313. The molecule has 0 aromatic rings. The van der Waals surface area contributed by atoms with Crippen LogP contribution in [0.2, 0.25) is 0 Å². The van der Waals surface area contributed by atoms with E-state index in [2.05, 4.69) is 38.3 Å². The van der Waals surface area contributed by atoms with Gasteiger partial charge in [-0.3, -0.25) is 4.79 Å². The van der Waals surface area contributed by atoms with Gasteiger partial charge in [0, 0.05) is 13.0 Å². The molecule has 2 unspecified atom stereocenters. The van der Waals surface area contributed by atoms with Crippen LogP contribution in [-0.4, -0.2) is 25.5 Å². The van der Waals surface area contributed by atoms with Crippen LogP contribution in [0.5, 0.6) is 0 Å². The van der Waals surface area contributed by atoms with Crippen LogP contribution in [0.4, 0.5) is 0 Å². The molecule has 1 aliphatic rings. The monoisotopic (exact) mass is 268 g/mol. The lowest BCUT2D eigenvalue weighted by Crippen LogP contribution is -2.33. The van der Waals surface area contributed by atoms with Gasteiger partial charge in [-0.2, -0.15) is 0 Å². The average Bonchev–Trinajstić information content (AvgIpc) is 2.27. The SMILES string of the molecule is CC(CC(=O)NCCC1CCCNC1)CC(C)(C)C. The first-order valence-corrected chi connectivity index (χ1v) is 7.84. The lowest BCUT2D eigenvalue weighted by Gasteiger charge is -2.24. The van der Waals surface area contributed by atoms with E-state index in [4.69, 9.17) is 0 Å². The molecule has 2 N–H and O–H groups in total. The van der Waals surface area contributed by atoms with Crippen molar-refractivity contribution >= 4 is 5.91 Å². The molecule has 1 amide bonds. The fourth-order valence-electron chi connectivity index (χ4n) is 3.09. The van der Waals surface area contributed by atoms with Crippen molar-refractivity contribution < 1.29 is 4.79 Å². The van der Waals surface area contributed by atoms with E-state index >= 15 is 0 Å². The standard InChI is InChI=1S/C16H32N2O/c1-13(11-16(2,3)4)10-15(19)18-9-7-14-6-5-8-17-12-14/h13-14,17H,5-12H2,1-4H3,(H,18,19). The predicted octanol–water partition coefficient (Wildman–Crippen LogP) is 2.95. The summed E-state index contributed by atoms with van der Waals surface area (Å²) in [7, 11) is 0. The second-order valence-electron chi connectivity index (χ2n) is 7.43. The summed E-state index contributed by atoms with van der Waals surface area (Å²) in [6.45, 7) is 12.0. The molecule has 3 nitrogen and oxygen atoms in total. The number of carbonyl (C=O) groups excluding carboxylic acids is 1. The van der Waals surface area contributed by atoms with Crippen molar-refractivity contribution in [2.24, 2.45) is 17.3 Å². The number of hydrogen-bond acceptors (Lipinski definition) is 2. The highest BCUT2D eigenvalue weighted by Crippen LogP contribution is 2.25. The minimum Gasteiger partial charge on any atom is -0.356 e. The summed E-state index contributed by atoms with van der Waals surface area (Å²) < 4.78 is 0. The molecular weight excluding hydrogens is 236 g/mol. The van der Waals surface area contributed by atoms with Crippen molar-refractivity contribution in [2.45, 2.75) is 59.8 Å². The summed E-state index contributed by atoms with van der Waals surface area (Å²) in [5, 5.41) is 6.50. The molecule has 0 aliphatic carbocycles. The van der Waals surface area contributed by atoms with Gasteiger partial charge < -0.3 is 10.6 Å². The van der Waals surface area contributed by atoms with E-state index in [1.54, 1.807) is 0 Å². The Hall–Kier alpha value is -0.570. The zero-order valence-electron chi connectivity index (χ0n) is 13.2. The largest absolute Gasteiger partial charge is 0.356 e. The van der Waals surface area contributed by atoms with E-state index < -0.39 is 0 Å². The number of hydrogen-bond donors (Lipinski definition) is 2. The molecule has 19 heavy (non-hydrogen) atoms. The van der Waals surface area contributed by atoms with Gasteiger partial charge in [-0.05, 0) is 56.0 Å². The van der Waals surface area contributed by atoms with E-state index in [1.807, 2.05) is 0 Å². The molecule has 3 heteroatoms. The maximum atomic E-state index is 11.9. The molecule has 0 aromatic carbocycles. The van der Waals surface area contributed by atoms with Crippen molar-refractivity contribution in [2.75, 3.05) is 19.6 Å². The summed E-state index contributed by atoms with van der Waals surface area (Å²) in [5.74, 6) is 1.44.